The summed E-state index contributed by atoms with van der Waals surface area (Å²) in [5.74, 6) is 0.296. The molecule has 0 saturated heterocycles. The molecule has 8 heteroatoms. The minimum atomic E-state index is -0.507. The fourth-order valence-electron chi connectivity index (χ4n) is 2.71. The van der Waals surface area contributed by atoms with Crippen molar-refractivity contribution < 1.29 is 14.5 Å². The van der Waals surface area contributed by atoms with E-state index in [4.69, 9.17) is 10.00 Å². The number of aryl methyl sites for hydroxylation is 1. The van der Waals surface area contributed by atoms with Crippen LogP contribution in [-0.4, -0.2) is 15.8 Å². The third kappa shape index (κ3) is 4.73. The van der Waals surface area contributed by atoms with E-state index in [2.05, 4.69) is 10.3 Å². The van der Waals surface area contributed by atoms with Gasteiger partial charge in [0.2, 0.25) is 11.8 Å². The molecule has 1 heterocycles. The maximum Gasteiger partial charge on any atom is 0.273 e. The molecule has 1 amide bonds. The summed E-state index contributed by atoms with van der Waals surface area (Å²) in [5, 5.41) is 22.9. The number of carbonyl (C=O) groups excluding carboxylic acids is 1. The first-order valence-electron chi connectivity index (χ1n) is 8.63. The normalized spacial score (nSPS) is 10.1. The Hall–Kier alpha value is -4.25. The molecule has 0 aliphatic carbocycles. The van der Waals surface area contributed by atoms with Gasteiger partial charge in [-0.2, -0.15) is 5.26 Å². The highest BCUT2D eigenvalue weighted by molar-refractivity contribution is 5.93. The lowest BCUT2D eigenvalue weighted by Gasteiger charge is -2.11. The number of aromatic nitrogens is 1. The molecule has 0 aliphatic rings. The smallest absolute Gasteiger partial charge is 0.273 e. The van der Waals surface area contributed by atoms with Gasteiger partial charge in [0.25, 0.3) is 5.69 Å². The molecule has 144 valence electrons. The molecule has 0 aliphatic heterocycles. The van der Waals surface area contributed by atoms with Crippen LogP contribution in [-0.2, 0) is 11.2 Å². The monoisotopic (exact) mass is 388 g/mol. The van der Waals surface area contributed by atoms with Crippen molar-refractivity contribution in [1.29, 1.82) is 5.26 Å². The van der Waals surface area contributed by atoms with Crippen LogP contribution in [0.1, 0.15) is 16.7 Å². The van der Waals surface area contributed by atoms with Gasteiger partial charge in [0.05, 0.1) is 11.3 Å². The molecule has 29 heavy (non-hydrogen) atoms. The van der Waals surface area contributed by atoms with E-state index in [1.165, 1.54) is 12.3 Å². The SMILES string of the molecule is Cc1cc(Oc2ncccc2C#N)ccc1NC(=O)Cc1ccccc1[N+](=O)[O-]. The average Bonchev–Trinajstić information content (AvgIpc) is 2.70. The van der Waals surface area contributed by atoms with Crippen LogP contribution in [0.15, 0.2) is 60.8 Å². The zero-order valence-electron chi connectivity index (χ0n) is 15.5. The molecule has 3 rings (SSSR count). The number of amides is 1. The minimum Gasteiger partial charge on any atom is -0.438 e. The number of nitrogens with zero attached hydrogens (tertiary/aromatic N) is 3. The second-order valence-electron chi connectivity index (χ2n) is 6.16. The Balaban J connectivity index is 1.72. The molecule has 0 bridgehead atoms. The Morgan fingerprint density at radius 2 is 2.03 bits per heavy atom. The molecule has 1 aromatic heterocycles. The third-order valence-corrected chi connectivity index (χ3v) is 4.12. The van der Waals surface area contributed by atoms with Crippen molar-refractivity contribution >= 4 is 17.3 Å². The van der Waals surface area contributed by atoms with Crippen LogP contribution < -0.4 is 10.1 Å². The predicted molar refractivity (Wildman–Crippen MR) is 106 cm³/mol. The number of hydrogen-bond acceptors (Lipinski definition) is 6. The number of benzene rings is 2. The number of nitro benzene ring substituents is 1. The predicted octanol–water partition coefficient (Wildman–Crippen LogP) is 4.14. The summed E-state index contributed by atoms with van der Waals surface area (Å²) in [6.45, 7) is 1.79. The molecule has 0 atom stereocenters. The van der Waals surface area contributed by atoms with Gasteiger partial charge in [0, 0.05) is 23.5 Å². The number of nitro groups is 1. The zero-order valence-corrected chi connectivity index (χ0v) is 15.5. The fraction of sp³-hybridized carbons (Fsp3) is 0.0952. The molecule has 0 fully saturated rings. The average molecular weight is 388 g/mol. The van der Waals surface area contributed by atoms with Gasteiger partial charge in [-0.05, 0) is 42.8 Å². The van der Waals surface area contributed by atoms with E-state index >= 15 is 0 Å². The lowest BCUT2D eigenvalue weighted by Crippen LogP contribution is -2.16. The first kappa shape index (κ1) is 19.5. The maximum atomic E-state index is 12.4. The standard InChI is InChI=1S/C21H16N4O4/c1-14-11-17(29-21-16(13-22)6-4-10-23-21)8-9-18(14)24-20(26)12-15-5-2-3-7-19(15)25(27)28/h2-11H,12H2,1H3,(H,24,26). The van der Waals surface area contributed by atoms with Gasteiger partial charge in [-0.3, -0.25) is 14.9 Å². The molecule has 0 spiro atoms. The molecule has 2 aromatic carbocycles. The first-order valence-corrected chi connectivity index (χ1v) is 8.63. The number of carbonyl (C=O) groups is 1. The van der Waals surface area contributed by atoms with E-state index in [-0.39, 0.29) is 23.9 Å². The van der Waals surface area contributed by atoms with Crippen LogP contribution in [0.3, 0.4) is 0 Å². The summed E-state index contributed by atoms with van der Waals surface area (Å²) in [7, 11) is 0. The van der Waals surface area contributed by atoms with Crippen molar-refractivity contribution in [2.24, 2.45) is 0 Å². The second kappa shape index (κ2) is 8.63. The van der Waals surface area contributed by atoms with Crippen LogP contribution in [0.4, 0.5) is 11.4 Å². The Morgan fingerprint density at radius 1 is 1.24 bits per heavy atom. The van der Waals surface area contributed by atoms with Crippen molar-refractivity contribution in [3.8, 4) is 17.7 Å². The van der Waals surface area contributed by atoms with Crippen molar-refractivity contribution in [3.05, 3.63) is 87.6 Å². The zero-order chi connectivity index (χ0) is 20.8. The number of para-hydroxylation sites is 1. The van der Waals surface area contributed by atoms with E-state index in [0.29, 0.717) is 22.6 Å². The lowest BCUT2D eigenvalue weighted by atomic mass is 10.1. The van der Waals surface area contributed by atoms with Gasteiger partial charge >= 0.3 is 0 Å². The number of pyridine rings is 1. The Morgan fingerprint density at radius 3 is 2.76 bits per heavy atom. The number of hydrogen-bond donors (Lipinski definition) is 1. The van der Waals surface area contributed by atoms with Crippen molar-refractivity contribution in [2.75, 3.05) is 5.32 Å². The van der Waals surface area contributed by atoms with E-state index in [0.717, 1.165) is 5.56 Å². The molecule has 0 radical (unpaired) electrons. The third-order valence-electron chi connectivity index (χ3n) is 4.12. The van der Waals surface area contributed by atoms with Crippen LogP contribution in [0.5, 0.6) is 11.6 Å². The number of nitriles is 1. The van der Waals surface area contributed by atoms with E-state index in [1.54, 1.807) is 55.5 Å². The highest BCUT2D eigenvalue weighted by Gasteiger charge is 2.16. The van der Waals surface area contributed by atoms with Crippen molar-refractivity contribution in [3.63, 3.8) is 0 Å². The van der Waals surface area contributed by atoms with E-state index in [1.807, 2.05) is 6.07 Å². The molecule has 0 saturated carbocycles. The summed E-state index contributed by atoms with van der Waals surface area (Å²) < 4.78 is 5.66. The van der Waals surface area contributed by atoms with Gasteiger partial charge in [-0.1, -0.05) is 18.2 Å². The summed E-state index contributed by atoms with van der Waals surface area (Å²) >= 11 is 0. The first-order chi connectivity index (χ1) is 14.0. The van der Waals surface area contributed by atoms with Gasteiger partial charge in [0.15, 0.2) is 0 Å². The van der Waals surface area contributed by atoms with Crippen molar-refractivity contribution in [1.82, 2.24) is 4.98 Å². The molecule has 3 aromatic rings. The summed E-state index contributed by atoms with van der Waals surface area (Å²) in [4.78, 5) is 27.0. The molecule has 8 nitrogen and oxygen atoms in total. The number of anilines is 1. The number of nitrogens with one attached hydrogen (secondary N) is 1. The Bertz CT molecular complexity index is 1120. The molecule has 0 unspecified atom stereocenters. The summed E-state index contributed by atoms with van der Waals surface area (Å²) in [6.07, 6.45) is 1.41. The highest BCUT2D eigenvalue weighted by atomic mass is 16.6. The second-order valence-corrected chi connectivity index (χ2v) is 6.16. The van der Waals surface area contributed by atoms with Gasteiger partial charge in [-0.15, -0.1) is 0 Å². The minimum absolute atomic E-state index is 0.0909. The Kier molecular flexibility index (Phi) is 5.80. The summed E-state index contributed by atoms with van der Waals surface area (Å²) in [5.41, 5.74) is 1.85. The molecule has 1 N–H and O–H groups in total. The van der Waals surface area contributed by atoms with Crippen LogP contribution >= 0.6 is 0 Å². The Labute approximate surface area is 166 Å². The van der Waals surface area contributed by atoms with Gasteiger partial charge < -0.3 is 10.1 Å². The molecular formula is C21H16N4O4. The van der Waals surface area contributed by atoms with Crippen LogP contribution in [0.25, 0.3) is 0 Å². The van der Waals surface area contributed by atoms with E-state index in [9.17, 15) is 14.9 Å². The van der Waals surface area contributed by atoms with E-state index < -0.39 is 4.92 Å². The number of rotatable bonds is 6. The quantitative estimate of drug-likeness (QED) is 0.501. The topological polar surface area (TPSA) is 118 Å². The maximum absolute atomic E-state index is 12.4. The van der Waals surface area contributed by atoms with Crippen LogP contribution in [0, 0.1) is 28.4 Å². The largest absolute Gasteiger partial charge is 0.438 e. The highest BCUT2D eigenvalue weighted by Crippen LogP contribution is 2.27. The van der Waals surface area contributed by atoms with Gasteiger partial charge in [0.1, 0.15) is 17.4 Å². The summed E-state index contributed by atoms with van der Waals surface area (Å²) in [6, 6.07) is 16.4. The lowest BCUT2D eigenvalue weighted by molar-refractivity contribution is -0.385. The van der Waals surface area contributed by atoms with Crippen LogP contribution in [0.2, 0.25) is 0 Å². The van der Waals surface area contributed by atoms with Gasteiger partial charge in [-0.25, -0.2) is 4.98 Å². The molecular weight excluding hydrogens is 372 g/mol. The van der Waals surface area contributed by atoms with Crippen molar-refractivity contribution in [2.45, 2.75) is 13.3 Å². The number of ether oxygens (including phenoxy) is 1. The fourth-order valence-corrected chi connectivity index (χ4v) is 2.71.